The van der Waals surface area contributed by atoms with Gasteiger partial charge in [0.15, 0.2) is 0 Å². The molecule has 0 radical (unpaired) electrons. The fourth-order valence-electron chi connectivity index (χ4n) is 2.06. The van der Waals surface area contributed by atoms with E-state index in [0.29, 0.717) is 11.4 Å². The van der Waals surface area contributed by atoms with Gasteiger partial charge in [0.25, 0.3) is 0 Å². The van der Waals surface area contributed by atoms with Crippen molar-refractivity contribution in [3.8, 4) is 0 Å². The summed E-state index contributed by atoms with van der Waals surface area (Å²) in [6.07, 6.45) is 0.984. The van der Waals surface area contributed by atoms with Crippen molar-refractivity contribution in [1.82, 2.24) is 4.90 Å². The molecule has 116 valence electrons. The number of carbonyl (C=O) groups excluding carboxylic acids is 1. The van der Waals surface area contributed by atoms with Crippen LogP contribution in [0.15, 0.2) is 29.1 Å². The Morgan fingerprint density at radius 2 is 1.81 bits per heavy atom. The molecule has 1 rings (SSSR count). The Morgan fingerprint density at radius 1 is 1.14 bits per heavy atom. The van der Waals surface area contributed by atoms with Gasteiger partial charge in [-0.3, -0.25) is 9.59 Å². The van der Waals surface area contributed by atoms with E-state index in [2.05, 4.69) is 29.4 Å². The van der Waals surface area contributed by atoms with E-state index in [-0.39, 0.29) is 11.3 Å². The van der Waals surface area contributed by atoms with Crippen molar-refractivity contribution in [1.29, 1.82) is 0 Å². The Labute approximate surface area is 126 Å². The Kier molecular flexibility index (Phi) is 7.46. The average molecular weight is 291 g/mol. The summed E-state index contributed by atoms with van der Waals surface area (Å²) < 4.78 is 0. The molecule has 1 aromatic rings. The van der Waals surface area contributed by atoms with E-state index < -0.39 is 0 Å². The summed E-state index contributed by atoms with van der Waals surface area (Å²) in [6.45, 7) is 9.60. The molecule has 0 saturated carbocycles. The smallest absolute Gasteiger partial charge is 0.221 e. The standard InChI is InChI=1S/C16H25N3O2/c1-4-19(5-2)12-6-11-17-15-9-7-14(18-13(3)20)8-10-16(15)21/h7-10H,4-6,11-12H2,1-3H3,(H,17,21)(H,18,20). The fraction of sp³-hybridized carbons (Fsp3) is 0.500. The number of amides is 1. The predicted molar refractivity (Wildman–Crippen MR) is 87.9 cm³/mol. The van der Waals surface area contributed by atoms with E-state index >= 15 is 0 Å². The average Bonchev–Trinajstić information content (AvgIpc) is 2.62. The second kappa shape index (κ2) is 9.13. The highest BCUT2D eigenvalue weighted by Crippen LogP contribution is 2.07. The predicted octanol–water partition coefficient (Wildman–Crippen LogP) is 2.15. The van der Waals surface area contributed by atoms with Gasteiger partial charge < -0.3 is 15.5 Å². The van der Waals surface area contributed by atoms with Crippen LogP contribution in [-0.2, 0) is 4.79 Å². The van der Waals surface area contributed by atoms with E-state index in [4.69, 9.17) is 0 Å². The largest absolute Gasteiger partial charge is 0.382 e. The van der Waals surface area contributed by atoms with E-state index in [1.54, 1.807) is 18.2 Å². The number of nitrogens with one attached hydrogen (secondary N) is 2. The maximum atomic E-state index is 11.9. The van der Waals surface area contributed by atoms with Crippen molar-refractivity contribution in [2.24, 2.45) is 0 Å². The Balaban J connectivity index is 2.57. The molecule has 21 heavy (non-hydrogen) atoms. The molecule has 0 atom stereocenters. The van der Waals surface area contributed by atoms with Gasteiger partial charge >= 0.3 is 0 Å². The molecule has 1 amide bonds. The summed E-state index contributed by atoms with van der Waals surface area (Å²) in [5, 5.41) is 5.83. The fourth-order valence-corrected chi connectivity index (χ4v) is 2.06. The lowest BCUT2D eigenvalue weighted by molar-refractivity contribution is -0.114. The van der Waals surface area contributed by atoms with Crippen LogP contribution in [-0.4, -0.2) is 37.0 Å². The van der Waals surface area contributed by atoms with Gasteiger partial charge in [0.05, 0.1) is 5.69 Å². The maximum Gasteiger partial charge on any atom is 0.221 e. The first-order valence-corrected chi connectivity index (χ1v) is 7.45. The highest BCUT2D eigenvalue weighted by molar-refractivity contribution is 5.88. The zero-order chi connectivity index (χ0) is 15.7. The number of carbonyl (C=O) groups is 1. The van der Waals surface area contributed by atoms with Crippen LogP contribution in [0.4, 0.5) is 11.4 Å². The summed E-state index contributed by atoms with van der Waals surface area (Å²) >= 11 is 0. The zero-order valence-corrected chi connectivity index (χ0v) is 13.1. The summed E-state index contributed by atoms with van der Waals surface area (Å²) in [7, 11) is 0. The Bertz CT molecular complexity index is 513. The second-order valence-electron chi connectivity index (χ2n) is 4.89. The van der Waals surface area contributed by atoms with Crippen LogP contribution >= 0.6 is 0 Å². The summed E-state index contributed by atoms with van der Waals surface area (Å²) in [6, 6.07) is 6.53. The van der Waals surface area contributed by atoms with E-state index in [1.807, 2.05) is 0 Å². The van der Waals surface area contributed by atoms with Crippen LogP contribution in [0.3, 0.4) is 0 Å². The lowest BCUT2D eigenvalue weighted by atomic mass is 10.3. The van der Waals surface area contributed by atoms with Gasteiger partial charge in [-0.1, -0.05) is 13.8 Å². The summed E-state index contributed by atoms with van der Waals surface area (Å²) in [5.41, 5.74) is 1.11. The minimum atomic E-state index is -0.151. The third-order valence-electron chi connectivity index (χ3n) is 3.29. The van der Waals surface area contributed by atoms with Crippen LogP contribution < -0.4 is 16.1 Å². The topological polar surface area (TPSA) is 61.4 Å². The molecule has 0 aliphatic rings. The van der Waals surface area contributed by atoms with Crippen LogP contribution in [0.2, 0.25) is 0 Å². The molecule has 5 heteroatoms. The van der Waals surface area contributed by atoms with Gasteiger partial charge in [-0.25, -0.2) is 0 Å². The normalized spacial score (nSPS) is 10.5. The molecule has 0 spiro atoms. The van der Waals surface area contributed by atoms with Crippen molar-refractivity contribution in [3.05, 3.63) is 34.5 Å². The number of hydrogen-bond acceptors (Lipinski definition) is 4. The lowest BCUT2D eigenvalue weighted by Gasteiger charge is -2.17. The van der Waals surface area contributed by atoms with Crippen LogP contribution in [0, 0.1) is 0 Å². The van der Waals surface area contributed by atoms with Gasteiger partial charge in [-0.2, -0.15) is 0 Å². The molecule has 0 saturated heterocycles. The molecule has 1 aromatic carbocycles. The number of anilines is 2. The van der Waals surface area contributed by atoms with Crippen LogP contribution in [0.25, 0.3) is 0 Å². The molecular weight excluding hydrogens is 266 g/mol. The lowest BCUT2D eigenvalue weighted by Crippen LogP contribution is -2.25. The minimum Gasteiger partial charge on any atom is -0.382 e. The zero-order valence-electron chi connectivity index (χ0n) is 13.1. The van der Waals surface area contributed by atoms with Gasteiger partial charge in [0.1, 0.15) is 0 Å². The molecule has 0 aliphatic carbocycles. The molecule has 0 aliphatic heterocycles. The second-order valence-corrected chi connectivity index (χ2v) is 4.89. The molecule has 5 nitrogen and oxygen atoms in total. The van der Waals surface area contributed by atoms with Crippen molar-refractivity contribution in [2.75, 3.05) is 36.8 Å². The number of rotatable bonds is 8. The molecule has 0 unspecified atom stereocenters. The Morgan fingerprint density at radius 3 is 2.43 bits per heavy atom. The van der Waals surface area contributed by atoms with Crippen LogP contribution in [0.1, 0.15) is 27.2 Å². The minimum absolute atomic E-state index is 0.0746. The Hall–Kier alpha value is -1.88. The van der Waals surface area contributed by atoms with Gasteiger partial charge in [-0.15, -0.1) is 0 Å². The first-order valence-electron chi connectivity index (χ1n) is 7.45. The van der Waals surface area contributed by atoms with E-state index in [1.165, 1.54) is 13.0 Å². The molecule has 2 N–H and O–H groups in total. The maximum absolute atomic E-state index is 11.9. The summed E-state index contributed by atoms with van der Waals surface area (Å²) in [5.74, 6) is -0.151. The van der Waals surface area contributed by atoms with Crippen LogP contribution in [0.5, 0.6) is 0 Å². The van der Waals surface area contributed by atoms with E-state index in [9.17, 15) is 9.59 Å². The third-order valence-corrected chi connectivity index (χ3v) is 3.29. The summed E-state index contributed by atoms with van der Waals surface area (Å²) in [4.78, 5) is 25.3. The molecule has 0 fully saturated rings. The monoisotopic (exact) mass is 291 g/mol. The molecule has 0 heterocycles. The molecule has 0 bridgehead atoms. The van der Waals surface area contributed by atoms with Crippen molar-refractivity contribution in [3.63, 3.8) is 0 Å². The van der Waals surface area contributed by atoms with Crippen molar-refractivity contribution >= 4 is 17.3 Å². The highest BCUT2D eigenvalue weighted by Gasteiger charge is 2.01. The quantitative estimate of drug-likeness (QED) is 0.721. The van der Waals surface area contributed by atoms with Gasteiger partial charge in [0, 0.05) is 19.2 Å². The first kappa shape index (κ1) is 17.2. The number of hydrogen-bond donors (Lipinski definition) is 2. The number of nitrogens with zero attached hydrogens (tertiary/aromatic N) is 1. The highest BCUT2D eigenvalue weighted by atomic mass is 16.1. The molecular formula is C16H25N3O2. The van der Waals surface area contributed by atoms with Crippen molar-refractivity contribution < 1.29 is 4.79 Å². The van der Waals surface area contributed by atoms with Crippen molar-refractivity contribution in [2.45, 2.75) is 27.2 Å². The van der Waals surface area contributed by atoms with Gasteiger partial charge in [0.2, 0.25) is 11.3 Å². The molecule has 0 aromatic heterocycles. The SMILES string of the molecule is CCN(CC)CCCNc1ccc(NC(C)=O)ccc1=O. The third kappa shape index (κ3) is 6.40. The van der Waals surface area contributed by atoms with E-state index in [0.717, 1.165) is 32.6 Å². The van der Waals surface area contributed by atoms with Gasteiger partial charge in [-0.05, 0) is 50.3 Å². The first-order chi connectivity index (χ1) is 10.1.